The summed E-state index contributed by atoms with van der Waals surface area (Å²) in [5.74, 6) is -1.09. The molecule has 0 aromatic heterocycles. The van der Waals surface area contributed by atoms with Gasteiger partial charge in [0.25, 0.3) is 0 Å². The van der Waals surface area contributed by atoms with E-state index in [0.717, 1.165) is 29.7 Å². The van der Waals surface area contributed by atoms with Crippen molar-refractivity contribution in [2.24, 2.45) is 0 Å². The number of carbonyl (C=O) groups excluding carboxylic acids is 1. The van der Waals surface area contributed by atoms with Crippen LogP contribution in [-0.2, 0) is 6.42 Å². The Labute approximate surface area is 248 Å². The Hall–Kier alpha value is -2.42. The van der Waals surface area contributed by atoms with Gasteiger partial charge in [-0.15, -0.1) is 0 Å². The molecule has 190 valence electrons. The number of nitrogens with one attached hydrogen (secondary N) is 1. The molecule has 0 radical (unpaired) electrons. The summed E-state index contributed by atoms with van der Waals surface area (Å²) in [4.78, 5) is 22.1. The van der Waals surface area contributed by atoms with Crippen LogP contribution in [0.25, 0.3) is 0 Å². The Morgan fingerprint density at radius 3 is 2.38 bits per heavy atom. The first-order chi connectivity index (χ1) is 16.9. The number of para-hydroxylation sites is 1. The maximum Gasteiger partial charge on any atom is 1.00 e. The molecule has 0 bridgehead atoms. The zero-order chi connectivity index (χ0) is 26.6. The van der Waals surface area contributed by atoms with E-state index in [2.05, 4.69) is 5.32 Å². The number of ether oxygens (including phenoxy) is 2. The first kappa shape index (κ1) is 30.8. The molecule has 1 aliphatic heterocycles. The van der Waals surface area contributed by atoms with Crippen LogP contribution < -0.4 is 49.5 Å². The predicted molar refractivity (Wildman–Crippen MR) is 138 cm³/mol. The molecule has 2 N–H and O–H groups in total. The van der Waals surface area contributed by atoms with Crippen molar-refractivity contribution >= 4 is 46.5 Å². The molecule has 0 spiro atoms. The van der Waals surface area contributed by atoms with Crippen LogP contribution in [0.2, 0.25) is 10.0 Å². The number of aromatic carboxylic acids is 2. The summed E-state index contributed by atoms with van der Waals surface area (Å²) in [5.41, 5.74) is 2.61. The summed E-state index contributed by atoms with van der Waals surface area (Å²) < 4.78 is 11.0. The Balaban J connectivity index is 0.000000255. The SMILES string of the molecule is COc1c(C(=O)O)ccc2c1CCC(C)(C)O2.Cc1ccc(Cl)c(Nc2ccccc2C(=O)[O-])c1Cl.[Na+]. The van der Waals surface area contributed by atoms with Gasteiger partial charge in [-0.2, -0.15) is 0 Å². The van der Waals surface area contributed by atoms with Gasteiger partial charge in [0.2, 0.25) is 0 Å². The second kappa shape index (κ2) is 12.9. The quantitative estimate of drug-likeness (QED) is 0.467. The molecule has 7 nitrogen and oxygen atoms in total. The van der Waals surface area contributed by atoms with Crippen LogP contribution in [0, 0.1) is 6.92 Å². The number of benzene rings is 3. The number of carboxylic acids is 2. The summed E-state index contributed by atoms with van der Waals surface area (Å²) in [6, 6.07) is 13.1. The van der Waals surface area contributed by atoms with E-state index in [1.807, 2.05) is 20.8 Å². The minimum Gasteiger partial charge on any atom is -0.545 e. The number of carboxylic acid groups (broad SMARTS) is 2. The van der Waals surface area contributed by atoms with Crippen LogP contribution in [0.1, 0.15) is 52.1 Å². The number of rotatable bonds is 5. The average Bonchev–Trinajstić information content (AvgIpc) is 2.83. The van der Waals surface area contributed by atoms with Crippen LogP contribution in [0.5, 0.6) is 11.5 Å². The summed E-state index contributed by atoms with van der Waals surface area (Å²) in [6.07, 6.45) is 1.62. The molecule has 0 atom stereocenters. The number of fused-ring (bicyclic) bond motifs is 1. The van der Waals surface area contributed by atoms with Crippen LogP contribution in [0.4, 0.5) is 11.4 Å². The fourth-order valence-corrected chi connectivity index (χ4v) is 4.26. The van der Waals surface area contributed by atoms with Crippen molar-refractivity contribution in [1.29, 1.82) is 0 Å². The van der Waals surface area contributed by atoms with Gasteiger partial charge >= 0.3 is 35.5 Å². The molecular weight excluding hydrogens is 528 g/mol. The van der Waals surface area contributed by atoms with Gasteiger partial charge in [-0.05, 0) is 63.4 Å². The van der Waals surface area contributed by atoms with Gasteiger partial charge in [0.1, 0.15) is 22.7 Å². The van der Waals surface area contributed by atoms with Crippen LogP contribution >= 0.6 is 23.2 Å². The number of halogens is 2. The van der Waals surface area contributed by atoms with Gasteiger partial charge in [0, 0.05) is 16.8 Å². The van der Waals surface area contributed by atoms with E-state index in [0.29, 0.717) is 27.2 Å². The summed E-state index contributed by atoms with van der Waals surface area (Å²) in [6.45, 7) is 5.88. The molecule has 0 saturated heterocycles. The molecule has 0 aliphatic carbocycles. The zero-order valence-electron chi connectivity index (χ0n) is 21.3. The van der Waals surface area contributed by atoms with Crippen LogP contribution in [-0.4, -0.2) is 29.8 Å². The maximum atomic E-state index is 11.1. The molecule has 1 heterocycles. The van der Waals surface area contributed by atoms with Gasteiger partial charge in [-0.1, -0.05) is 47.5 Å². The average molecular weight is 554 g/mol. The molecular formula is C27H26Cl2NNaO6. The van der Waals surface area contributed by atoms with Crippen molar-refractivity contribution in [2.45, 2.75) is 39.2 Å². The number of carbonyl (C=O) groups is 2. The van der Waals surface area contributed by atoms with Gasteiger partial charge in [-0.25, -0.2) is 4.79 Å². The molecule has 3 aromatic carbocycles. The third-order valence-corrected chi connectivity index (χ3v) is 6.51. The topological polar surface area (TPSA) is 108 Å². The largest absolute Gasteiger partial charge is 1.00 e. The molecule has 0 unspecified atom stereocenters. The molecule has 10 heteroatoms. The molecule has 4 rings (SSSR count). The van der Waals surface area contributed by atoms with Crippen molar-refractivity contribution in [1.82, 2.24) is 0 Å². The normalized spacial score (nSPS) is 13.0. The number of anilines is 2. The predicted octanol–water partition coefficient (Wildman–Crippen LogP) is 2.91. The Morgan fingerprint density at radius 2 is 1.76 bits per heavy atom. The van der Waals surface area contributed by atoms with Gasteiger partial charge < -0.3 is 29.8 Å². The number of hydrogen-bond donors (Lipinski definition) is 2. The summed E-state index contributed by atoms with van der Waals surface area (Å²) >= 11 is 12.2. The minimum absolute atomic E-state index is 0. The summed E-state index contributed by atoms with van der Waals surface area (Å²) in [7, 11) is 1.49. The second-order valence-corrected chi connectivity index (χ2v) is 9.59. The smallest absolute Gasteiger partial charge is 0.545 e. The second-order valence-electron chi connectivity index (χ2n) is 8.80. The first-order valence-corrected chi connectivity index (χ1v) is 11.8. The van der Waals surface area contributed by atoms with E-state index in [1.54, 1.807) is 36.4 Å². The van der Waals surface area contributed by atoms with E-state index >= 15 is 0 Å². The van der Waals surface area contributed by atoms with Crippen LogP contribution in [0.3, 0.4) is 0 Å². The number of methoxy groups -OCH3 is 1. The van der Waals surface area contributed by atoms with Crippen molar-refractivity contribution in [3.05, 3.63) is 80.8 Å². The van der Waals surface area contributed by atoms with Crippen molar-refractivity contribution in [3.8, 4) is 11.5 Å². The standard InChI is InChI=1S/C14H11Cl2NO2.C13H16O4.Na/c1-8-6-7-10(15)13(12(8)16)17-11-5-3-2-4-9(11)14(18)19;1-13(2)7-6-8-10(17-13)5-4-9(12(14)15)11(8)16-3;/h2-7,17H,1H3,(H,18,19);4-5H,6-7H2,1-3H3,(H,14,15);/q;;+1/p-1. The van der Waals surface area contributed by atoms with E-state index in [9.17, 15) is 14.7 Å². The Bertz CT molecular complexity index is 1310. The fraction of sp³-hybridized carbons (Fsp3) is 0.259. The molecule has 3 aromatic rings. The van der Waals surface area contributed by atoms with Crippen LogP contribution in [0.15, 0.2) is 48.5 Å². The molecule has 37 heavy (non-hydrogen) atoms. The van der Waals surface area contributed by atoms with E-state index in [-0.39, 0.29) is 46.3 Å². The maximum absolute atomic E-state index is 11.1. The summed E-state index contributed by atoms with van der Waals surface area (Å²) in [5, 5.41) is 23.9. The van der Waals surface area contributed by atoms with Gasteiger partial charge in [0.05, 0.1) is 28.8 Å². The molecule has 0 saturated carbocycles. The molecule has 0 fully saturated rings. The first-order valence-electron chi connectivity index (χ1n) is 11.1. The van der Waals surface area contributed by atoms with Gasteiger partial charge in [-0.3, -0.25) is 0 Å². The number of hydrogen-bond acceptors (Lipinski definition) is 6. The van der Waals surface area contributed by atoms with Crippen molar-refractivity contribution in [3.63, 3.8) is 0 Å². The third kappa shape index (κ3) is 7.33. The third-order valence-electron chi connectivity index (χ3n) is 5.71. The van der Waals surface area contributed by atoms with Gasteiger partial charge in [0.15, 0.2) is 0 Å². The zero-order valence-corrected chi connectivity index (χ0v) is 24.8. The number of aryl methyl sites for hydroxylation is 1. The van der Waals surface area contributed by atoms with Crippen molar-refractivity contribution < 1.29 is 58.8 Å². The monoisotopic (exact) mass is 553 g/mol. The van der Waals surface area contributed by atoms with E-state index in [1.165, 1.54) is 19.2 Å². The van der Waals surface area contributed by atoms with Crippen molar-refractivity contribution in [2.75, 3.05) is 12.4 Å². The minimum atomic E-state index is -1.26. The molecule has 0 amide bonds. The molecule has 1 aliphatic rings. The van der Waals surface area contributed by atoms with E-state index in [4.69, 9.17) is 37.8 Å². The Morgan fingerprint density at radius 1 is 1.08 bits per heavy atom. The van der Waals surface area contributed by atoms with E-state index < -0.39 is 11.9 Å². The fourth-order valence-electron chi connectivity index (χ4n) is 3.79. The Kier molecular flexibility index (Phi) is 10.7.